The summed E-state index contributed by atoms with van der Waals surface area (Å²) in [7, 11) is 0. The molecule has 0 unspecified atom stereocenters. The van der Waals surface area contributed by atoms with Crippen molar-refractivity contribution in [3.05, 3.63) is 57.9 Å². The topological polar surface area (TPSA) is 54.3 Å². The summed E-state index contributed by atoms with van der Waals surface area (Å²) in [4.78, 5) is 26.5. The van der Waals surface area contributed by atoms with Gasteiger partial charge in [-0.1, -0.05) is 25.1 Å². The zero-order valence-corrected chi connectivity index (χ0v) is 17.7. The van der Waals surface area contributed by atoms with Gasteiger partial charge in [0, 0.05) is 17.9 Å². The number of nitrogens with one attached hydrogen (secondary N) is 1. The van der Waals surface area contributed by atoms with Gasteiger partial charge >= 0.3 is 0 Å². The molecule has 1 aliphatic heterocycles. The summed E-state index contributed by atoms with van der Waals surface area (Å²) in [5, 5.41) is 2.76. The van der Waals surface area contributed by atoms with Crippen molar-refractivity contribution >= 4 is 35.2 Å². The number of carbonyl (C=O) groups excluding carboxylic acids is 2. The van der Waals surface area contributed by atoms with Gasteiger partial charge < -0.3 is 4.57 Å². The maximum atomic E-state index is 12.7. The Kier molecular flexibility index (Phi) is 5.52. The predicted octanol–water partition coefficient (Wildman–Crippen LogP) is 3.61. The highest BCUT2D eigenvalue weighted by molar-refractivity contribution is 7.80. The summed E-state index contributed by atoms with van der Waals surface area (Å²) < 4.78 is 2.20. The van der Waals surface area contributed by atoms with Crippen LogP contribution in [0.15, 0.2) is 29.8 Å². The van der Waals surface area contributed by atoms with Gasteiger partial charge in [0.25, 0.3) is 11.8 Å². The minimum absolute atomic E-state index is 0.108. The number of nitrogens with zero attached hydrogens (tertiary/aromatic N) is 2. The zero-order valence-electron chi connectivity index (χ0n) is 16.9. The third-order valence-electron chi connectivity index (χ3n) is 5.20. The SMILES string of the molecule is CCc1cccc(C)c1-n1c(C)cc(/C=C2\C(=O)NC(=S)N(CC)C2=O)c1C. The summed E-state index contributed by atoms with van der Waals surface area (Å²) in [6.07, 6.45) is 2.60. The largest absolute Gasteiger partial charge is 0.317 e. The highest BCUT2D eigenvalue weighted by Gasteiger charge is 2.32. The van der Waals surface area contributed by atoms with Gasteiger partial charge in [-0.15, -0.1) is 0 Å². The number of thiocarbonyl (C=S) groups is 1. The molecule has 1 aromatic heterocycles. The molecule has 5 nitrogen and oxygen atoms in total. The Hall–Kier alpha value is -2.73. The third kappa shape index (κ3) is 3.29. The Morgan fingerprint density at radius 2 is 1.86 bits per heavy atom. The average molecular weight is 396 g/mol. The molecular weight excluding hydrogens is 370 g/mol. The van der Waals surface area contributed by atoms with Gasteiger partial charge in [0.05, 0.1) is 5.69 Å². The molecule has 0 bridgehead atoms. The molecule has 0 saturated carbocycles. The highest BCUT2D eigenvalue weighted by atomic mass is 32.1. The van der Waals surface area contributed by atoms with E-state index in [4.69, 9.17) is 12.2 Å². The number of benzene rings is 1. The van der Waals surface area contributed by atoms with Gasteiger partial charge in [0.15, 0.2) is 5.11 Å². The van der Waals surface area contributed by atoms with E-state index in [0.29, 0.717) is 6.54 Å². The minimum Gasteiger partial charge on any atom is -0.317 e. The second kappa shape index (κ2) is 7.72. The first kappa shape index (κ1) is 20.0. The fourth-order valence-corrected chi connectivity index (χ4v) is 4.04. The molecule has 2 aromatic rings. The summed E-state index contributed by atoms with van der Waals surface area (Å²) in [5.41, 5.74) is 6.62. The van der Waals surface area contributed by atoms with Crippen molar-refractivity contribution in [3.8, 4) is 5.69 Å². The number of likely N-dealkylation sites (N-methyl/N-ethyl adjacent to an activating group) is 1. The fourth-order valence-electron chi connectivity index (χ4n) is 3.74. The summed E-state index contributed by atoms with van der Waals surface area (Å²) in [6, 6.07) is 8.32. The van der Waals surface area contributed by atoms with E-state index in [0.717, 1.165) is 23.4 Å². The molecule has 2 amide bonds. The lowest BCUT2D eigenvalue weighted by Gasteiger charge is -2.27. The Balaban J connectivity index is 2.13. The van der Waals surface area contributed by atoms with Crippen LogP contribution < -0.4 is 5.32 Å². The van der Waals surface area contributed by atoms with Crippen LogP contribution in [0.25, 0.3) is 11.8 Å². The summed E-state index contributed by atoms with van der Waals surface area (Å²) in [5.74, 6) is -0.805. The smallest absolute Gasteiger partial charge is 0.265 e. The first-order valence-corrected chi connectivity index (χ1v) is 9.87. The van der Waals surface area contributed by atoms with Crippen molar-refractivity contribution in [2.75, 3.05) is 6.54 Å². The van der Waals surface area contributed by atoms with E-state index >= 15 is 0 Å². The molecule has 1 fully saturated rings. The van der Waals surface area contributed by atoms with Crippen molar-refractivity contribution < 1.29 is 9.59 Å². The molecule has 6 heteroatoms. The molecule has 1 aliphatic rings. The lowest BCUT2D eigenvalue weighted by molar-refractivity contribution is -0.128. The van der Waals surface area contributed by atoms with E-state index in [2.05, 4.69) is 41.9 Å². The second-order valence-corrected chi connectivity index (χ2v) is 7.35. The number of para-hydroxylation sites is 1. The fraction of sp³-hybridized carbons (Fsp3) is 0.318. The molecule has 0 aliphatic carbocycles. The Labute approximate surface area is 171 Å². The monoisotopic (exact) mass is 395 g/mol. The van der Waals surface area contributed by atoms with Crippen molar-refractivity contribution in [1.82, 2.24) is 14.8 Å². The quantitative estimate of drug-likeness (QED) is 0.489. The Morgan fingerprint density at radius 1 is 1.14 bits per heavy atom. The van der Waals surface area contributed by atoms with Crippen LogP contribution in [0.4, 0.5) is 0 Å². The van der Waals surface area contributed by atoms with E-state index < -0.39 is 5.91 Å². The van der Waals surface area contributed by atoms with Crippen LogP contribution in [-0.4, -0.2) is 32.9 Å². The van der Waals surface area contributed by atoms with E-state index in [9.17, 15) is 9.59 Å². The lowest BCUT2D eigenvalue weighted by atomic mass is 10.0. The molecule has 1 saturated heterocycles. The predicted molar refractivity (Wildman–Crippen MR) is 115 cm³/mol. The van der Waals surface area contributed by atoms with Crippen LogP contribution in [0.5, 0.6) is 0 Å². The van der Waals surface area contributed by atoms with Gasteiger partial charge in [0.2, 0.25) is 0 Å². The number of hydrogen-bond donors (Lipinski definition) is 1. The van der Waals surface area contributed by atoms with Crippen molar-refractivity contribution in [2.45, 2.75) is 41.0 Å². The van der Waals surface area contributed by atoms with Gasteiger partial charge in [-0.25, -0.2) is 0 Å². The first-order chi connectivity index (χ1) is 13.3. The Morgan fingerprint density at radius 3 is 2.50 bits per heavy atom. The van der Waals surface area contributed by atoms with Gasteiger partial charge in [0.1, 0.15) is 5.57 Å². The molecule has 1 N–H and O–H groups in total. The average Bonchev–Trinajstić information content (AvgIpc) is 2.92. The number of aromatic nitrogens is 1. The number of hydrogen-bond acceptors (Lipinski definition) is 3. The first-order valence-electron chi connectivity index (χ1n) is 9.46. The molecule has 3 rings (SSSR count). The minimum atomic E-state index is -0.449. The molecule has 0 atom stereocenters. The van der Waals surface area contributed by atoms with E-state index in [1.807, 2.05) is 26.8 Å². The molecule has 0 spiro atoms. The zero-order chi connectivity index (χ0) is 20.6. The normalized spacial score (nSPS) is 16.1. The number of rotatable bonds is 4. The molecule has 28 heavy (non-hydrogen) atoms. The number of amides is 2. The maximum Gasteiger partial charge on any atom is 0.265 e. The van der Waals surface area contributed by atoms with Crippen LogP contribution >= 0.6 is 12.2 Å². The molecular formula is C22H25N3O2S. The van der Waals surface area contributed by atoms with Gasteiger partial charge in [-0.2, -0.15) is 0 Å². The van der Waals surface area contributed by atoms with Crippen LogP contribution in [0.2, 0.25) is 0 Å². The third-order valence-corrected chi connectivity index (χ3v) is 5.52. The highest BCUT2D eigenvalue weighted by Crippen LogP contribution is 2.28. The standard InChI is InChI=1S/C22H25N3O2S/c1-6-16-10-8-9-13(3)19(16)25-14(4)11-17(15(25)5)12-18-20(26)23-22(28)24(7-2)21(18)27/h8-12H,6-7H2,1-5H3,(H,23,26,28)/b18-12+. The van der Waals surface area contributed by atoms with Crippen molar-refractivity contribution in [1.29, 1.82) is 0 Å². The molecule has 0 radical (unpaired) electrons. The second-order valence-electron chi connectivity index (χ2n) is 6.96. The van der Waals surface area contributed by atoms with E-state index in [-0.39, 0.29) is 16.6 Å². The van der Waals surface area contributed by atoms with Crippen LogP contribution in [0, 0.1) is 20.8 Å². The van der Waals surface area contributed by atoms with Crippen molar-refractivity contribution in [2.24, 2.45) is 0 Å². The number of aryl methyl sites for hydroxylation is 3. The molecule has 146 valence electrons. The van der Waals surface area contributed by atoms with Gasteiger partial charge in [-0.3, -0.25) is 19.8 Å². The van der Waals surface area contributed by atoms with Crippen LogP contribution in [-0.2, 0) is 16.0 Å². The lowest BCUT2D eigenvalue weighted by Crippen LogP contribution is -2.53. The Bertz CT molecular complexity index is 1020. The maximum absolute atomic E-state index is 12.7. The van der Waals surface area contributed by atoms with Crippen LogP contribution in [0.3, 0.4) is 0 Å². The summed E-state index contributed by atoms with van der Waals surface area (Å²) in [6.45, 7) is 10.5. The van der Waals surface area contributed by atoms with E-state index in [1.165, 1.54) is 21.7 Å². The molecule has 1 aromatic carbocycles. The van der Waals surface area contributed by atoms with Crippen LogP contribution in [0.1, 0.15) is 41.9 Å². The molecule has 2 heterocycles. The van der Waals surface area contributed by atoms with Crippen molar-refractivity contribution in [3.63, 3.8) is 0 Å². The summed E-state index contributed by atoms with van der Waals surface area (Å²) >= 11 is 5.10. The number of carbonyl (C=O) groups is 2. The van der Waals surface area contributed by atoms with Gasteiger partial charge in [-0.05, 0) is 75.2 Å². The van der Waals surface area contributed by atoms with E-state index in [1.54, 1.807) is 6.08 Å².